The standard InChI is InChI=1S/C15H20F3N3.HI/c1-2-19-14(20-9-11-3-4-11)21-10-12-5-7-13(8-6-12)15(16,17)18;/h5-8,11H,2-4,9-10H2,1H3,(H2,19,20,21);1H. The molecule has 0 radical (unpaired) electrons. The van der Waals surface area contributed by atoms with E-state index in [-0.39, 0.29) is 24.0 Å². The van der Waals surface area contributed by atoms with Crippen LogP contribution in [0.4, 0.5) is 13.2 Å². The fourth-order valence-corrected chi connectivity index (χ4v) is 1.87. The van der Waals surface area contributed by atoms with Gasteiger partial charge in [0.05, 0.1) is 12.1 Å². The first-order valence-corrected chi connectivity index (χ1v) is 7.17. The molecule has 0 bridgehead atoms. The van der Waals surface area contributed by atoms with E-state index < -0.39 is 11.7 Å². The van der Waals surface area contributed by atoms with Gasteiger partial charge in [0.15, 0.2) is 5.96 Å². The van der Waals surface area contributed by atoms with Crippen molar-refractivity contribution in [3.05, 3.63) is 35.4 Å². The summed E-state index contributed by atoms with van der Waals surface area (Å²) in [4.78, 5) is 4.39. The largest absolute Gasteiger partial charge is 0.416 e. The van der Waals surface area contributed by atoms with Gasteiger partial charge < -0.3 is 10.6 Å². The molecule has 0 aromatic heterocycles. The van der Waals surface area contributed by atoms with E-state index in [1.807, 2.05) is 6.92 Å². The summed E-state index contributed by atoms with van der Waals surface area (Å²) in [6.45, 7) is 3.99. The predicted molar refractivity (Wildman–Crippen MR) is 92.4 cm³/mol. The number of nitrogens with zero attached hydrogens (tertiary/aromatic N) is 1. The molecular formula is C15H21F3IN3. The molecule has 1 saturated carbocycles. The molecule has 0 amide bonds. The van der Waals surface area contributed by atoms with Gasteiger partial charge in [0.2, 0.25) is 0 Å². The monoisotopic (exact) mass is 427 g/mol. The van der Waals surface area contributed by atoms with E-state index >= 15 is 0 Å². The van der Waals surface area contributed by atoms with Crippen LogP contribution in [0.1, 0.15) is 30.9 Å². The lowest BCUT2D eigenvalue weighted by molar-refractivity contribution is -0.137. The van der Waals surface area contributed by atoms with Gasteiger partial charge in [-0.05, 0) is 43.4 Å². The summed E-state index contributed by atoms with van der Waals surface area (Å²) in [6, 6.07) is 5.12. The van der Waals surface area contributed by atoms with Gasteiger partial charge in [-0.1, -0.05) is 12.1 Å². The maximum absolute atomic E-state index is 12.5. The van der Waals surface area contributed by atoms with Gasteiger partial charge in [0.25, 0.3) is 0 Å². The number of hydrogen-bond donors (Lipinski definition) is 2. The Morgan fingerprint density at radius 2 is 1.82 bits per heavy atom. The minimum Gasteiger partial charge on any atom is -0.357 e. The molecule has 1 aliphatic carbocycles. The minimum atomic E-state index is -4.29. The second-order valence-corrected chi connectivity index (χ2v) is 5.21. The number of benzene rings is 1. The zero-order chi connectivity index (χ0) is 15.3. The third-order valence-corrected chi connectivity index (χ3v) is 3.30. The van der Waals surface area contributed by atoms with Gasteiger partial charge in [-0.2, -0.15) is 13.2 Å². The lowest BCUT2D eigenvalue weighted by atomic mass is 10.1. The van der Waals surface area contributed by atoms with Crippen LogP contribution in [0.25, 0.3) is 0 Å². The van der Waals surface area contributed by atoms with Gasteiger partial charge >= 0.3 is 6.18 Å². The third kappa shape index (κ3) is 6.41. The highest BCUT2D eigenvalue weighted by atomic mass is 127. The van der Waals surface area contributed by atoms with E-state index in [0.29, 0.717) is 12.5 Å². The normalized spacial score (nSPS) is 15.2. The number of rotatable bonds is 5. The van der Waals surface area contributed by atoms with E-state index in [0.717, 1.165) is 36.7 Å². The molecule has 0 unspecified atom stereocenters. The van der Waals surface area contributed by atoms with Crippen molar-refractivity contribution in [2.45, 2.75) is 32.5 Å². The first-order chi connectivity index (χ1) is 9.99. The van der Waals surface area contributed by atoms with Crippen molar-refractivity contribution >= 4 is 29.9 Å². The molecule has 0 saturated heterocycles. The fraction of sp³-hybridized carbons (Fsp3) is 0.533. The Kier molecular flexibility index (Phi) is 7.44. The van der Waals surface area contributed by atoms with Crippen LogP contribution in [0.3, 0.4) is 0 Å². The molecule has 1 fully saturated rings. The highest BCUT2D eigenvalue weighted by Crippen LogP contribution is 2.29. The third-order valence-electron chi connectivity index (χ3n) is 3.30. The van der Waals surface area contributed by atoms with Crippen LogP contribution in [-0.2, 0) is 12.7 Å². The molecule has 7 heteroatoms. The molecular weight excluding hydrogens is 406 g/mol. The van der Waals surface area contributed by atoms with Crippen molar-refractivity contribution in [2.75, 3.05) is 13.1 Å². The van der Waals surface area contributed by atoms with Crippen molar-refractivity contribution in [3.63, 3.8) is 0 Å². The highest BCUT2D eigenvalue weighted by molar-refractivity contribution is 14.0. The number of nitrogens with one attached hydrogen (secondary N) is 2. The lowest BCUT2D eigenvalue weighted by Crippen LogP contribution is -2.38. The molecule has 1 aromatic rings. The Morgan fingerprint density at radius 1 is 1.18 bits per heavy atom. The van der Waals surface area contributed by atoms with Crippen molar-refractivity contribution in [3.8, 4) is 0 Å². The number of alkyl halides is 3. The number of aliphatic imine (C=N–C) groups is 1. The summed E-state index contributed by atoms with van der Waals surface area (Å²) in [7, 11) is 0. The van der Waals surface area contributed by atoms with Gasteiger partial charge in [0, 0.05) is 13.1 Å². The molecule has 0 heterocycles. The van der Waals surface area contributed by atoms with Gasteiger partial charge in [-0.15, -0.1) is 24.0 Å². The first-order valence-electron chi connectivity index (χ1n) is 7.17. The summed E-state index contributed by atoms with van der Waals surface area (Å²) in [6.07, 6.45) is -1.78. The second kappa shape index (κ2) is 8.59. The first kappa shape index (κ1) is 19.1. The average Bonchev–Trinajstić information content (AvgIpc) is 3.25. The van der Waals surface area contributed by atoms with Gasteiger partial charge in [-0.25, -0.2) is 4.99 Å². The molecule has 22 heavy (non-hydrogen) atoms. The zero-order valence-corrected chi connectivity index (χ0v) is 14.7. The molecule has 1 aromatic carbocycles. The van der Waals surface area contributed by atoms with E-state index in [4.69, 9.17) is 0 Å². The van der Waals surface area contributed by atoms with Crippen LogP contribution in [0.5, 0.6) is 0 Å². The molecule has 2 N–H and O–H groups in total. The fourth-order valence-electron chi connectivity index (χ4n) is 1.87. The quantitative estimate of drug-likeness (QED) is 0.426. The van der Waals surface area contributed by atoms with E-state index in [2.05, 4.69) is 15.6 Å². The van der Waals surface area contributed by atoms with Crippen molar-refractivity contribution in [2.24, 2.45) is 10.9 Å². The van der Waals surface area contributed by atoms with Gasteiger partial charge in [0.1, 0.15) is 0 Å². The second-order valence-electron chi connectivity index (χ2n) is 5.21. The molecule has 124 valence electrons. The number of hydrogen-bond acceptors (Lipinski definition) is 1. The molecule has 0 atom stereocenters. The van der Waals surface area contributed by atoms with Crippen LogP contribution in [-0.4, -0.2) is 19.0 Å². The molecule has 1 aliphatic rings. The summed E-state index contributed by atoms with van der Waals surface area (Å²) < 4.78 is 37.4. The van der Waals surface area contributed by atoms with Crippen molar-refractivity contribution in [1.29, 1.82) is 0 Å². The predicted octanol–water partition coefficient (Wildman–Crippen LogP) is 3.79. The Bertz CT molecular complexity index is 482. The van der Waals surface area contributed by atoms with Crippen LogP contribution in [0.2, 0.25) is 0 Å². The van der Waals surface area contributed by atoms with Crippen LogP contribution < -0.4 is 10.6 Å². The molecule has 0 spiro atoms. The van der Waals surface area contributed by atoms with E-state index in [9.17, 15) is 13.2 Å². The smallest absolute Gasteiger partial charge is 0.357 e. The summed E-state index contributed by atoms with van der Waals surface area (Å²) in [5, 5.41) is 6.38. The van der Waals surface area contributed by atoms with Gasteiger partial charge in [-0.3, -0.25) is 0 Å². The average molecular weight is 427 g/mol. The minimum absolute atomic E-state index is 0. The Morgan fingerprint density at radius 3 is 2.32 bits per heavy atom. The van der Waals surface area contributed by atoms with Crippen LogP contribution >= 0.6 is 24.0 Å². The van der Waals surface area contributed by atoms with Crippen molar-refractivity contribution in [1.82, 2.24) is 10.6 Å². The SMILES string of the molecule is CCNC(=NCc1ccc(C(F)(F)F)cc1)NCC1CC1.I. The van der Waals surface area contributed by atoms with E-state index in [1.165, 1.54) is 25.0 Å². The maximum atomic E-state index is 12.5. The molecule has 0 aliphatic heterocycles. The number of halogens is 4. The van der Waals surface area contributed by atoms with Crippen LogP contribution in [0.15, 0.2) is 29.3 Å². The summed E-state index contributed by atoms with van der Waals surface area (Å²) in [5.41, 5.74) is 0.126. The van der Waals surface area contributed by atoms with E-state index in [1.54, 1.807) is 0 Å². The molecule has 3 nitrogen and oxygen atoms in total. The highest BCUT2D eigenvalue weighted by Gasteiger charge is 2.29. The topological polar surface area (TPSA) is 36.4 Å². The Hall–Kier alpha value is -0.990. The zero-order valence-electron chi connectivity index (χ0n) is 12.4. The summed E-state index contributed by atoms with van der Waals surface area (Å²) in [5.74, 6) is 1.45. The summed E-state index contributed by atoms with van der Waals surface area (Å²) >= 11 is 0. The van der Waals surface area contributed by atoms with Crippen molar-refractivity contribution < 1.29 is 13.2 Å². The Balaban J connectivity index is 0.00000242. The number of guanidine groups is 1. The van der Waals surface area contributed by atoms with Crippen LogP contribution in [0, 0.1) is 5.92 Å². The maximum Gasteiger partial charge on any atom is 0.416 e. The Labute approximate surface area is 145 Å². The lowest BCUT2D eigenvalue weighted by Gasteiger charge is -2.11. The molecule has 2 rings (SSSR count).